The summed E-state index contributed by atoms with van der Waals surface area (Å²) in [5, 5.41) is 21.1. The Morgan fingerprint density at radius 3 is 2.71 bits per heavy atom. The van der Waals surface area contributed by atoms with Gasteiger partial charge in [-0.3, -0.25) is 4.98 Å². The second kappa shape index (κ2) is 4.62. The third kappa shape index (κ3) is 2.18. The molecule has 3 nitrogen and oxygen atoms in total. The molecular weight excluding hydrogens is 214 g/mol. The predicted molar refractivity (Wildman–Crippen MR) is 68.4 cm³/mol. The van der Waals surface area contributed by atoms with Crippen molar-refractivity contribution in [2.24, 2.45) is 0 Å². The van der Waals surface area contributed by atoms with Gasteiger partial charge in [-0.2, -0.15) is 0 Å². The maximum absolute atomic E-state index is 9.91. The summed E-state index contributed by atoms with van der Waals surface area (Å²) in [7, 11) is 0. The molecule has 2 rings (SSSR count). The van der Waals surface area contributed by atoms with Crippen molar-refractivity contribution in [2.45, 2.75) is 33.1 Å². The number of rotatable bonds is 3. The fourth-order valence-electron chi connectivity index (χ4n) is 1.91. The average molecular weight is 231 g/mol. The lowest BCUT2D eigenvalue weighted by molar-refractivity contribution is 0.448. The Labute approximate surface area is 101 Å². The van der Waals surface area contributed by atoms with E-state index in [0.29, 0.717) is 10.9 Å². The smallest absolute Gasteiger partial charge is 0.131 e. The van der Waals surface area contributed by atoms with E-state index in [9.17, 15) is 10.2 Å². The van der Waals surface area contributed by atoms with Crippen molar-refractivity contribution in [1.82, 2.24) is 4.98 Å². The zero-order valence-electron chi connectivity index (χ0n) is 10.2. The maximum Gasteiger partial charge on any atom is 0.131 e. The molecule has 0 aliphatic rings. The number of hydrogen-bond donors (Lipinski definition) is 2. The van der Waals surface area contributed by atoms with Crippen LogP contribution in [0, 0.1) is 6.92 Å². The summed E-state index contributed by atoms with van der Waals surface area (Å²) in [5.41, 5.74) is 1.50. The van der Waals surface area contributed by atoms with Crippen LogP contribution in [0.4, 0.5) is 0 Å². The van der Waals surface area contributed by atoms with Crippen molar-refractivity contribution >= 4 is 10.8 Å². The molecule has 0 fully saturated rings. The fraction of sp³-hybridized carbons (Fsp3) is 0.357. The summed E-state index contributed by atoms with van der Waals surface area (Å²) < 4.78 is 0. The minimum absolute atomic E-state index is 0.120. The monoisotopic (exact) mass is 231 g/mol. The molecule has 0 amide bonds. The molecule has 0 atom stereocenters. The van der Waals surface area contributed by atoms with Gasteiger partial charge in [0.25, 0.3) is 0 Å². The topological polar surface area (TPSA) is 53.4 Å². The van der Waals surface area contributed by atoms with Crippen LogP contribution in [-0.2, 0) is 6.42 Å². The van der Waals surface area contributed by atoms with Gasteiger partial charge in [-0.15, -0.1) is 0 Å². The Bertz CT molecular complexity index is 549. The van der Waals surface area contributed by atoms with Gasteiger partial charge in [-0.25, -0.2) is 0 Å². The van der Waals surface area contributed by atoms with Gasteiger partial charge in [0.2, 0.25) is 0 Å². The van der Waals surface area contributed by atoms with Gasteiger partial charge >= 0.3 is 0 Å². The standard InChI is InChI=1S/C14H17NO2/c1-3-4-5-11-6-10-7-13(16)9(2)14(17)12(10)8-15-11/h6-8,16-17H,3-5H2,1-2H3. The molecule has 0 spiro atoms. The van der Waals surface area contributed by atoms with E-state index in [4.69, 9.17) is 0 Å². The van der Waals surface area contributed by atoms with Crippen LogP contribution in [0.3, 0.4) is 0 Å². The largest absolute Gasteiger partial charge is 0.508 e. The average Bonchev–Trinajstić information content (AvgIpc) is 2.33. The molecule has 0 saturated heterocycles. The van der Waals surface area contributed by atoms with Crippen LogP contribution in [0.2, 0.25) is 0 Å². The van der Waals surface area contributed by atoms with Gasteiger partial charge in [0.15, 0.2) is 0 Å². The van der Waals surface area contributed by atoms with Crippen molar-refractivity contribution in [2.75, 3.05) is 0 Å². The predicted octanol–water partition coefficient (Wildman–Crippen LogP) is 3.30. The van der Waals surface area contributed by atoms with Crippen molar-refractivity contribution < 1.29 is 10.2 Å². The van der Waals surface area contributed by atoms with Crippen molar-refractivity contribution in [3.8, 4) is 11.5 Å². The SMILES string of the molecule is CCCCc1cc2cc(O)c(C)c(O)c2cn1. The van der Waals surface area contributed by atoms with Crippen LogP contribution in [0.15, 0.2) is 18.3 Å². The number of aromatic nitrogens is 1. The molecule has 0 aliphatic heterocycles. The minimum atomic E-state index is 0.120. The molecule has 17 heavy (non-hydrogen) atoms. The highest BCUT2D eigenvalue weighted by atomic mass is 16.3. The number of phenolic OH excluding ortho intramolecular Hbond substituents is 2. The van der Waals surface area contributed by atoms with Gasteiger partial charge in [0, 0.05) is 22.8 Å². The van der Waals surface area contributed by atoms with Crippen LogP contribution < -0.4 is 0 Å². The zero-order valence-corrected chi connectivity index (χ0v) is 10.2. The Kier molecular flexibility index (Phi) is 3.18. The third-order valence-corrected chi connectivity index (χ3v) is 3.07. The van der Waals surface area contributed by atoms with E-state index in [1.165, 1.54) is 0 Å². The Morgan fingerprint density at radius 2 is 2.00 bits per heavy atom. The molecule has 2 aromatic rings. The van der Waals surface area contributed by atoms with Crippen LogP contribution >= 0.6 is 0 Å². The van der Waals surface area contributed by atoms with Crippen molar-refractivity contribution in [1.29, 1.82) is 0 Å². The van der Waals surface area contributed by atoms with E-state index in [1.807, 2.05) is 6.07 Å². The number of pyridine rings is 1. The molecular formula is C14H17NO2. The summed E-state index contributed by atoms with van der Waals surface area (Å²) in [5.74, 6) is 0.247. The maximum atomic E-state index is 9.91. The minimum Gasteiger partial charge on any atom is -0.508 e. The second-order valence-electron chi connectivity index (χ2n) is 4.37. The number of hydrogen-bond acceptors (Lipinski definition) is 3. The van der Waals surface area contributed by atoms with Crippen LogP contribution in [0.5, 0.6) is 11.5 Å². The van der Waals surface area contributed by atoms with E-state index in [0.717, 1.165) is 30.3 Å². The fourth-order valence-corrected chi connectivity index (χ4v) is 1.91. The van der Waals surface area contributed by atoms with Crippen LogP contribution in [0.25, 0.3) is 10.8 Å². The molecule has 1 aromatic carbocycles. The molecule has 2 N–H and O–H groups in total. The summed E-state index contributed by atoms with van der Waals surface area (Å²) in [6.45, 7) is 3.83. The highest BCUT2D eigenvalue weighted by molar-refractivity contribution is 5.90. The van der Waals surface area contributed by atoms with E-state index in [-0.39, 0.29) is 11.5 Å². The lowest BCUT2D eigenvalue weighted by atomic mass is 10.0. The van der Waals surface area contributed by atoms with Crippen LogP contribution in [0.1, 0.15) is 31.0 Å². The summed E-state index contributed by atoms with van der Waals surface area (Å²) in [6, 6.07) is 3.62. The summed E-state index contributed by atoms with van der Waals surface area (Å²) in [4.78, 5) is 4.33. The van der Waals surface area contributed by atoms with Gasteiger partial charge in [-0.1, -0.05) is 13.3 Å². The normalized spacial score (nSPS) is 10.9. The number of benzene rings is 1. The molecule has 90 valence electrons. The van der Waals surface area contributed by atoms with Crippen molar-refractivity contribution in [3.63, 3.8) is 0 Å². The Balaban J connectivity index is 2.51. The number of aryl methyl sites for hydroxylation is 1. The molecule has 0 bridgehead atoms. The first-order valence-electron chi connectivity index (χ1n) is 5.93. The molecule has 0 saturated carbocycles. The lowest BCUT2D eigenvalue weighted by Gasteiger charge is -2.08. The van der Waals surface area contributed by atoms with Gasteiger partial charge in [0.1, 0.15) is 11.5 Å². The molecule has 3 heteroatoms. The highest BCUT2D eigenvalue weighted by Gasteiger charge is 2.09. The first-order valence-corrected chi connectivity index (χ1v) is 5.93. The van der Waals surface area contributed by atoms with E-state index in [1.54, 1.807) is 19.2 Å². The molecule has 1 heterocycles. The van der Waals surface area contributed by atoms with Crippen molar-refractivity contribution in [3.05, 3.63) is 29.6 Å². The quantitative estimate of drug-likeness (QED) is 0.852. The summed E-state index contributed by atoms with van der Waals surface area (Å²) >= 11 is 0. The summed E-state index contributed by atoms with van der Waals surface area (Å²) in [6.07, 6.45) is 4.84. The van der Waals surface area contributed by atoms with E-state index >= 15 is 0 Å². The lowest BCUT2D eigenvalue weighted by Crippen LogP contribution is -1.91. The number of fused-ring (bicyclic) bond motifs is 1. The molecule has 0 aliphatic carbocycles. The molecule has 0 unspecified atom stereocenters. The second-order valence-corrected chi connectivity index (χ2v) is 4.37. The number of aromatic hydroxyl groups is 2. The number of unbranched alkanes of at least 4 members (excludes halogenated alkanes) is 1. The first-order chi connectivity index (χ1) is 8.13. The number of nitrogens with zero attached hydrogens (tertiary/aromatic N) is 1. The van der Waals surface area contributed by atoms with E-state index in [2.05, 4.69) is 11.9 Å². The van der Waals surface area contributed by atoms with E-state index < -0.39 is 0 Å². The van der Waals surface area contributed by atoms with Crippen LogP contribution in [-0.4, -0.2) is 15.2 Å². The number of phenols is 2. The highest BCUT2D eigenvalue weighted by Crippen LogP contribution is 2.34. The first kappa shape index (κ1) is 11.7. The molecule has 1 aromatic heterocycles. The Hall–Kier alpha value is -1.77. The van der Waals surface area contributed by atoms with Gasteiger partial charge in [0.05, 0.1) is 0 Å². The third-order valence-electron chi connectivity index (χ3n) is 3.07. The van der Waals surface area contributed by atoms with Gasteiger partial charge < -0.3 is 10.2 Å². The molecule has 0 radical (unpaired) electrons. The zero-order chi connectivity index (χ0) is 12.4. The Morgan fingerprint density at radius 1 is 1.24 bits per heavy atom. The van der Waals surface area contributed by atoms with Gasteiger partial charge in [-0.05, 0) is 37.3 Å².